The second kappa shape index (κ2) is 9.10. The molecule has 0 bridgehead atoms. The van der Waals surface area contributed by atoms with Crippen molar-refractivity contribution in [2.24, 2.45) is 0 Å². The van der Waals surface area contributed by atoms with Gasteiger partial charge in [-0.3, -0.25) is 4.79 Å². The molecule has 1 saturated heterocycles. The molecule has 0 radical (unpaired) electrons. The number of ether oxygens (including phenoxy) is 1. The molecule has 1 aromatic heterocycles. The zero-order chi connectivity index (χ0) is 26.5. The van der Waals surface area contributed by atoms with Gasteiger partial charge in [0.05, 0.1) is 17.3 Å². The number of fused-ring (bicyclic) bond motifs is 1. The number of carbonyl (C=O) groups excluding carboxylic acids is 1. The van der Waals surface area contributed by atoms with Gasteiger partial charge < -0.3 is 15.4 Å². The van der Waals surface area contributed by atoms with Gasteiger partial charge in [-0.15, -0.1) is 5.10 Å². The number of nitrogens with two attached hydrogens (primary N) is 1. The summed E-state index contributed by atoms with van der Waals surface area (Å²) in [7, 11) is -3.64. The summed E-state index contributed by atoms with van der Waals surface area (Å²) < 4.78 is 31.1. The Morgan fingerprint density at radius 2 is 1.92 bits per heavy atom. The summed E-state index contributed by atoms with van der Waals surface area (Å²) in [6.45, 7) is 2.27. The summed E-state index contributed by atoms with van der Waals surface area (Å²) in [5, 5.41) is 14.4. The maximum atomic E-state index is 13.1. The van der Waals surface area contributed by atoms with Crippen molar-refractivity contribution in [3.63, 3.8) is 0 Å². The highest BCUT2D eigenvalue weighted by Crippen LogP contribution is 2.40. The number of halogens is 1. The summed E-state index contributed by atoms with van der Waals surface area (Å²) in [4.78, 5) is 14.7. The molecule has 11 heteroatoms. The van der Waals surface area contributed by atoms with E-state index in [1.54, 1.807) is 47.4 Å². The molecule has 1 atom stereocenters. The van der Waals surface area contributed by atoms with Crippen molar-refractivity contribution < 1.29 is 17.9 Å². The predicted molar refractivity (Wildman–Crippen MR) is 142 cm³/mol. The molecule has 2 heterocycles. The van der Waals surface area contributed by atoms with Crippen molar-refractivity contribution in [1.82, 2.24) is 9.19 Å². The third-order valence-corrected chi connectivity index (χ3v) is 7.45. The van der Waals surface area contributed by atoms with Crippen LogP contribution >= 0.6 is 11.6 Å². The average molecular weight is 536 g/mol. The lowest BCUT2D eigenvalue weighted by atomic mass is 9.97. The third kappa shape index (κ3) is 4.59. The largest absolute Gasteiger partial charge is 0.456 e. The van der Waals surface area contributed by atoms with E-state index in [2.05, 4.69) is 11.2 Å². The number of benzene rings is 3. The molecule has 1 aliphatic heterocycles. The first-order chi connectivity index (χ1) is 17.5. The molecule has 0 unspecified atom stereocenters. The van der Waals surface area contributed by atoms with Crippen LogP contribution in [0.25, 0.3) is 10.9 Å². The Kier molecular flexibility index (Phi) is 6.06. The van der Waals surface area contributed by atoms with E-state index in [9.17, 15) is 18.5 Å². The Balaban J connectivity index is 1.48. The summed E-state index contributed by atoms with van der Waals surface area (Å²) >= 11 is 6.27. The number of nitrogen functional groups attached to an aromatic ring is 1. The molecule has 0 spiro atoms. The van der Waals surface area contributed by atoms with Crippen LogP contribution in [-0.2, 0) is 14.8 Å². The fourth-order valence-electron chi connectivity index (χ4n) is 4.55. The highest BCUT2D eigenvalue weighted by atomic mass is 35.5. The van der Waals surface area contributed by atoms with Crippen LogP contribution in [0.5, 0.6) is 11.5 Å². The maximum absolute atomic E-state index is 13.1. The first-order valence-corrected chi connectivity index (χ1v) is 13.5. The molecule has 1 amide bonds. The van der Waals surface area contributed by atoms with E-state index in [4.69, 9.17) is 22.1 Å². The SMILES string of the molecule is Cc1ccc(C#N)c(Oc2cc(Cl)ccc2[C@H]2CC(=O)N(c3ccc4c(c3)c(N)nn4S(C)(=O)=O)C2)c1. The fraction of sp³-hybridized carbons (Fsp3) is 0.192. The maximum Gasteiger partial charge on any atom is 0.251 e. The van der Waals surface area contributed by atoms with E-state index in [1.165, 1.54) is 0 Å². The minimum atomic E-state index is -3.64. The van der Waals surface area contributed by atoms with Crippen molar-refractivity contribution >= 4 is 49.9 Å². The summed E-state index contributed by atoms with van der Waals surface area (Å²) in [5.41, 5.74) is 9.03. The van der Waals surface area contributed by atoms with Crippen LogP contribution in [0.2, 0.25) is 5.02 Å². The van der Waals surface area contributed by atoms with E-state index >= 15 is 0 Å². The third-order valence-electron chi connectivity index (χ3n) is 6.30. The molecule has 2 N–H and O–H groups in total. The molecule has 1 fully saturated rings. The smallest absolute Gasteiger partial charge is 0.251 e. The first kappa shape index (κ1) is 24.6. The Morgan fingerprint density at radius 1 is 1.14 bits per heavy atom. The summed E-state index contributed by atoms with van der Waals surface area (Å²) in [6.07, 6.45) is 1.27. The first-order valence-electron chi connectivity index (χ1n) is 11.3. The molecule has 0 aliphatic carbocycles. The fourth-order valence-corrected chi connectivity index (χ4v) is 5.46. The van der Waals surface area contributed by atoms with Gasteiger partial charge in [-0.05, 0) is 55.0 Å². The number of aryl methyl sites for hydroxylation is 1. The molecule has 188 valence electrons. The molecule has 3 aromatic carbocycles. The van der Waals surface area contributed by atoms with E-state index in [0.29, 0.717) is 45.2 Å². The number of aromatic nitrogens is 2. The van der Waals surface area contributed by atoms with Gasteiger partial charge in [0, 0.05) is 40.5 Å². The van der Waals surface area contributed by atoms with Crippen LogP contribution in [0.3, 0.4) is 0 Å². The standard InChI is InChI=1S/C26H22ClN5O4S/c1-15-3-4-16(13-28)23(9-15)36-24-11-18(27)5-7-20(24)17-10-25(33)31(14-17)19-6-8-22-21(12-19)26(29)30-32(22)37(2,34)35/h3-9,11-12,17H,10,14H2,1-2H3,(H2,29,30)/t17-/m0/s1. The van der Waals surface area contributed by atoms with Gasteiger partial charge in [0.15, 0.2) is 5.82 Å². The lowest BCUT2D eigenvalue weighted by molar-refractivity contribution is -0.117. The monoisotopic (exact) mass is 535 g/mol. The van der Waals surface area contributed by atoms with Gasteiger partial charge in [0.1, 0.15) is 17.6 Å². The Labute approximate surface area is 218 Å². The van der Waals surface area contributed by atoms with Crippen LogP contribution in [0.1, 0.15) is 29.0 Å². The Bertz CT molecular complexity index is 1730. The van der Waals surface area contributed by atoms with Crippen molar-refractivity contribution in [2.75, 3.05) is 23.4 Å². The molecule has 4 aromatic rings. The number of amides is 1. The van der Waals surface area contributed by atoms with E-state index in [0.717, 1.165) is 21.5 Å². The van der Waals surface area contributed by atoms with E-state index in [1.807, 2.05) is 19.1 Å². The second-order valence-corrected chi connectivity index (χ2v) is 11.2. The van der Waals surface area contributed by atoms with Gasteiger partial charge in [0.25, 0.3) is 10.0 Å². The highest BCUT2D eigenvalue weighted by Gasteiger charge is 2.34. The van der Waals surface area contributed by atoms with Crippen molar-refractivity contribution in [3.05, 3.63) is 76.3 Å². The number of carbonyl (C=O) groups is 1. The highest BCUT2D eigenvalue weighted by molar-refractivity contribution is 7.89. The molecule has 1 aliphatic rings. The van der Waals surface area contributed by atoms with Crippen LogP contribution in [0.4, 0.5) is 11.5 Å². The number of nitriles is 1. The van der Waals surface area contributed by atoms with E-state index < -0.39 is 10.0 Å². The summed E-state index contributed by atoms with van der Waals surface area (Å²) in [6, 6.07) is 17.6. The predicted octanol–water partition coefficient (Wildman–Crippen LogP) is 4.57. The number of nitrogens with zero attached hydrogens (tertiary/aromatic N) is 4. The Hall–Kier alpha value is -4.07. The molecular weight excluding hydrogens is 514 g/mol. The minimum absolute atomic E-state index is 0.0605. The van der Waals surface area contributed by atoms with Crippen molar-refractivity contribution in [3.8, 4) is 17.6 Å². The quantitative estimate of drug-likeness (QED) is 0.396. The van der Waals surface area contributed by atoms with Crippen molar-refractivity contribution in [2.45, 2.75) is 19.3 Å². The second-order valence-electron chi connectivity index (χ2n) is 8.99. The minimum Gasteiger partial charge on any atom is -0.456 e. The molecule has 5 rings (SSSR count). The van der Waals surface area contributed by atoms with Gasteiger partial charge >= 0.3 is 0 Å². The molecule has 0 saturated carbocycles. The number of rotatable bonds is 5. The van der Waals surface area contributed by atoms with E-state index in [-0.39, 0.29) is 24.1 Å². The lowest BCUT2D eigenvalue weighted by Crippen LogP contribution is -2.24. The van der Waals surface area contributed by atoms with Crippen LogP contribution < -0.4 is 15.4 Å². The summed E-state index contributed by atoms with van der Waals surface area (Å²) in [5.74, 6) is 0.638. The number of hydrogen-bond donors (Lipinski definition) is 1. The molecular formula is C26H22ClN5O4S. The van der Waals surface area contributed by atoms with Crippen LogP contribution in [-0.4, -0.2) is 36.3 Å². The molecule has 37 heavy (non-hydrogen) atoms. The lowest BCUT2D eigenvalue weighted by Gasteiger charge is -2.19. The number of anilines is 2. The normalized spacial score (nSPS) is 15.8. The number of hydrogen-bond acceptors (Lipinski definition) is 7. The Morgan fingerprint density at radius 3 is 2.65 bits per heavy atom. The zero-order valence-electron chi connectivity index (χ0n) is 20.0. The molecule has 9 nitrogen and oxygen atoms in total. The van der Waals surface area contributed by atoms with Gasteiger partial charge in [-0.1, -0.05) is 23.7 Å². The van der Waals surface area contributed by atoms with Gasteiger partial charge in [0.2, 0.25) is 5.91 Å². The zero-order valence-corrected chi connectivity index (χ0v) is 21.5. The van der Waals surface area contributed by atoms with Gasteiger partial charge in [-0.25, -0.2) is 8.42 Å². The average Bonchev–Trinajstić information content (AvgIpc) is 3.39. The van der Waals surface area contributed by atoms with Crippen molar-refractivity contribution in [1.29, 1.82) is 5.26 Å². The topological polar surface area (TPSA) is 131 Å². The van der Waals surface area contributed by atoms with Crippen LogP contribution in [0, 0.1) is 18.3 Å². The van der Waals surface area contributed by atoms with Gasteiger partial charge in [-0.2, -0.15) is 9.35 Å². The van der Waals surface area contributed by atoms with Crippen LogP contribution in [0.15, 0.2) is 54.6 Å².